The Bertz CT molecular complexity index is 1350. The van der Waals surface area contributed by atoms with Gasteiger partial charge < -0.3 is 9.84 Å². The number of pyridine rings is 1. The van der Waals surface area contributed by atoms with Crippen molar-refractivity contribution in [1.82, 2.24) is 14.6 Å². The second-order valence-electron chi connectivity index (χ2n) is 7.25. The van der Waals surface area contributed by atoms with Crippen LogP contribution in [0.2, 0.25) is 0 Å². The maximum absolute atomic E-state index is 9.64. The Morgan fingerprint density at radius 1 is 0.812 bits per heavy atom. The Morgan fingerprint density at radius 3 is 2.47 bits per heavy atom. The van der Waals surface area contributed by atoms with Crippen LogP contribution in [0.15, 0.2) is 107 Å². The minimum atomic E-state index is 0.00935. The van der Waals surface area contributed by atoms with E-state index in [2.05, 4.69) is 10.2 Å². The van der Waals surface area contributed by atoms with E-state index in [0.717, 1.165) is 43.7 Å². The molecule has 0 saturated carbocycles. The highest BCUT2D eigenvalue weighted by molar-refractivity contribution is 7.99. The quantitative estimate of drug-likeness (QED) is 0.357. The molecule has 0 aliphatic heterocycles. The van der Waals surface area contributed by atoms with Gasteiger partial charge in [-0.15, -0.1) is 10.2 Å². The fourth-order valence-electron chi connectivity index (χ4n) is 3.49. The third-order valence-electron chi connectivity index (χ3n) is 5.11. The van der Waals surface area contributed by atoms with E-state index >= 15 is 0 Å². The summed E-state index contributed by atoms with van der Waals surface area (Å²) in [5.41, 5.74) is 3.65. The molecule has 3 aromatic carbocycles. The molecule has 0 fully saturated rings. The zero-order valence-corrected chi connectivity index (χ0v) is 18.1. The van der Waals surface area contributed by atoms with E-state index in [0.29, 0.717) is 6.61 Å². The summed E-state index contributed by atoms with van der Waals surface area (Å²) in [7, 11) is 0. The van der Waals surface area contributed by atoms with Crippen molar-refractivity contribution in [2.45, 2.75) is 23.0 Å². The van der Waals surface area contributed by atoms with Gasteiger partial charge in [-0.2, -0.15) is 0 Å². The summed E-state index contributed by atoms with van der Waals surface area (Å²) in [5, 5.41) is 18.4. The van der Waals surface area contributed by atoms with Crippen LogP contribution in [0.1, 0.15) is 11.1 Å². The molecule has 5 aromatic rings. The summed E-state index contributed by atoms with van der Waals surface area (Å²) in [6, 6.07) is 29.8. The number of aliphatic hydroxyl groups excluding tert-OH is 1. The molecule has 0 saturated heterocycles. The van der Waals surface area contributed by atoms with Crippen molar-refractivity contribution in [3.05, 3.63) is 108 Å². The first-order chi connectivity index (χ1) is 15.8. The molecule has 6 heteroatoms. The van der Waals surface area contributed by atoms with E-state index in [-0.39, 0.29) is 6.61 Å². The van der Waals surface area contributed by atoms with E-state index in [4.69, 9.17) is 4.74 Å². The van der Waals surface area contributed by atoms with Crippen LogP contribution in [0.3, 0.4) is 0 Å². The van der Waals surface area contributed by atoms with Gasteiger partial charge in [0.05, 0.1) is 12.2 Å². The van der Waals surface area contributed by atoms with Crippen LogP contribution in [0, 0.1) is 0 Å². The molecule has 5 nitrogen and oxygen atoms in total. The second-order valence-corrected chi connectivity index (χ2v) is 8.37. The summed E-state index contributed by atoms with van der Waals surface area (Å²) < 4.78 is 8.12. The molecule has 0 bridgehead atoms. The Morgan fingerprint density at radius 2 is 1.59 bits per heavy atom. The Hall–Kier alpha value is -3.61. The van der Waals surface area contributed by atoms with Crippen LogP contribution in [0.4, 0.5) is 0 Å². The first-order valence-corrected chi connectivity index (χ1v) is 11.1. The lowest BCUT2D eigenvalue weighted by Crippen LogP contribution is -1.98. The van der Waals surface area contributed by atoms with Crippen LogP contribution >= 0.6 is 11.8 Å². The van der Waals surface area contributed by atoms with E-state index in [9.17, 15) is 5.11 Å². The van der Waals surface area contributed by atoms with E-state index in [1.54, 1.807) is 11.8 Å². The average molecular weight is 440 g/mol. The molecule has 158 valence electrons. The van der Waals surface area contributed by atoms with Gasteiger partial charge in [0, 0.05) is 16.0 Å². The van der Waals surface area contributed by atoms with Crippen molar-refractivity contribution in [3.8, 4) is 17.1 Å². The van der Waals surface area contributed by atoms with Crippen LogP contribution in [-0.4, -0.2) is 19.7 Å². The van der Waals surface area contributed by atoms with Gasteiger partial charge in [-0.25, -0.2) is 0 Å². The van der Waals surface area contributed by atoms with Crippen LogP contribution < -0.4 is 4.74 Å². The number of benzene rings is 3. The number of aliphatic hydroxyl groups is 1. The normalized spacial score (nSPS) is 11.0. The molecule has 0 radical (unpaired) electrons. The van der Waals surface area contributed by atoms with Gasteiger partial charge in [0.2, 0.25) is 0 Å². The van der Waals surface area contributed by atoms with E-state index < -0.39 is 0 Å². The highest BCUT2D eigenvalue weighted by atomic mass is 32.2. The lowest BCUT2D eigenvalue weighted by Gasteiger charge is -2.11. The number of aromatic nitrogens is 3. The van der Waals surface area contributed by atoms with Crippen molar-refractivity contribution in [2.75, 3.05) is 0 Å². The van der Waals surface area contributed by atoms with Crippen LogP contribution in [0.25, 0.3) is 17.0 Å². The molecule has 5 rings (SSSR count). The topological polar surface area (TPSA) is 59.7 Å². The van der Waals surface area contributed by atoms with Gasteiger partial charge in [0.15, 0.2) is 11.5 Å². The molecule has 0 aliphatic rings. The number of hydrogen-bond acceptors (Lipinski definition) is 5. The summed E-state index contributed by atoms with van der Waals surface area (Å²) in [6.07, 6.45) is 2.03. The smallest absolute Gasteiger partial charge is 0.172 e. The highest BCUT2D eigenvalue weighted by Crippen LogP contribution is 2.33. The van der Waals surface area contributed by atoms with Crippen molar-refractivity contribution < 1.29 is 9.84 Å². The van der Waals surface area contributed by atoms with Gasteiger partial charge in [0.25, 0.3) is 0 Å². The molecular formula is C26H21N3O2S. The van der Waals surface area contributed by atoms with Crippen LogP contribution in [0.5, 0.6) is 5.75 Å². The standard InChI is InChI=1S/C26H21N3O2S/c30-17-20-10-4-7-13-24(20)32-21-14-15-25-27-28-26(29(25)16-21)22-11-5-6-12-23(22)31-18-19-8-2-1-3-9-19/h1-16,30H,17-18H2. The zero-order valence-electron chi connectivity index (χ0n) is 17.3. The molecule has 0 spiro atoms. The largest absolute Gasteiger partial charge is 0.488 e. The molecule has 2 aromatic heterocycles. The molecular weight excluding hydrogens is 418 g/mol. The molecule has 2 heterocycles. The third-order valence-corrected chi connectivity index (χ3v) is 6.21. The Balaban J connectivity index is 1.48. The van der Waals surface area contributed by atoms with Crippen molar-refractivity contribution in [3.63, 3.8) is 0 Å². The predicted molar refractivity (Wildman–Crippen MR) is 126 cm³/mol. The fraction of sp³-hybridized carbons (Fsp3) is 0.0769. The van der Waals surface area contributed by atoms with Crippen molar-refractivity contribution in [2.24, 2.45) is 0 Å². The number of fused-ring (bicyclic) bond motifs is 1. The first kappa shape index (κ1) is 20.3. The molecule has 1 N–H and O–H groups in total. The summed E-state index contributed by atoms with van der Waals surface area (Å²) in [6.45, 7) is 0.489. The van der Waals surface area contributed by atoms with Crippen molar-refractivity contribution >= 4 is 17.4 Å². The molecule has 0 amide bonds. The second kappa shape index (κ2) is 9.26. The number of para-hydroxylation sites is 1. The zero-order chi connectivity index (χ0) is 21.8. The number of ether oxygens (including phenoxy) is 1. The lowest BCUT2D eigenvalue weighted by atomic mass is 10.2. The third kappa shape index (κ3) is 4.23. The monoisotopic (exact) mass is 439 g/mol. The average Bonchev–Trinajstić information content (AvgIpc) is 3.27. The molecule has 0 atom stereocenters. The molecule has 0 aliphatic carbocycles. The van der Waals surface area contributed by atoms with Crippen molar-refractivity contribution in [1.29, 1.82) is 0 Å². The number of rotatable bonds is 7. The number of hydrogen-bond donors (Lipinski definition) is 1. The molecule has 32 heavy (non-hydrogen) atoms. The summed E-state index contributed by atoms with van der Waals surface area (Å²) in [5.74, 6) is 1.48. The highest BCUT2D eigenvalue weighted by Gasteiger charge is 2.14. The van der Waals surface area contributed by atoms with Gasteiger partial charge in [-0.05, 0) is 41.5 Å². The van der Waals surface area contributed by atoms with Gasteiger partial charge >= 0.3 is 0 Å². The van der Waals surface area contributed by atoms with E-state index in [1.807, 2.05) is 102 Å². The van der Waals surface area contributed by atoms with Gasteiger partial charge in [-0.1, -0.05) is 72.4 Å². The maximum atomic E-state index is 9.64. The van der Waals surface area contributed by atoms with Gasteiger partial charge in [0.1, 0.15) is 12.4 Å². The number of nitrogens with zero attached hydrogens (tertiary/aromatic N) is 3. The molecule has 0 unspecified atom stereocenters. The Labute approximate surface area is 190 Å². The first-order valence-electron chi connectivity index (χ1n) is 10.3. The SMILES string of the molecule is OCc1ccccc1Sc1ccc2nnc(-c3ccccc3OCc3ccccc3)n2c1. The Kier molecular flexibility index (Phi) is 5.87. The summed E-state index contributed by atoms with van der Waals surface area (Å²) in [4.78, 5) is 2.05. The fourth-order valence-corrected chi connectivity index (χ4v) is 4.45. The minimum absolute atomic E-state index is 0.00935. The van der Waals surface area contributed by atoms with Crippen LogP contribution in [-0.2, 0) is 13.2 Å². The maximum Gasteiger partial charge on any atom is 0.172 e. The lowest BCUT2D eigenvalue weighted by molar-refractivity contribution is 0.279. The predicted octanol–water partition coefficient (Wildman–Crippen LogP) is 5.62. The van der Waals surface area contributed by atoms with Gasteiger partial charge in [-0.3, -0.25) is 4.40 Å². The van der Waals surface area contributed by atoms with E-state index in [1.165, 1.54) is 0 Å². The minimum Gasteiger partial charge on any atom is -0.488 e. The summed E-state index contributed by atoms with van der Waals surface area (Å²) >= 11 is 1.61.